The van der Waals surface area contributed by atoms with E-state index in [4.69, 9.17) is 4.42 Å². The topological polar surface area (TPSA) is 118 Å². The number of furan rings is 1. The summed E-state index contributed by atoms with van der Waals surface area (Å²) in [5.41, 5.74) is 7.35. The van der Waals surface area contributed by atoms with Crippen LogP contribution in [0, 0.1) is 13.8 Å². The van der Waals surface area contributed by atoms with E-state index in [9.17, 15) is 18.0 Å². The maximum absolute atomic E-state index is 12.7. The molecule has 9 heteroatoms. The zero-order valence-corrected chi connectivity index (χ0v) is 19.4. The predicted molar refractivity (Wildman–Crippen MR) is 128 cm³/mol. The molecule has 0 radical (unpaired) electrons. The van der Waals surface area contributed by atoms with Gasteiger partial charge in [-0.25, -0.2) is 13.1 Å². The van der Waals surface area contributed by atoms with Crippen LogP contribution in [0.3, 0.4) is 0 Å². The van der Waals surface area contributed by atoms with Crippen molar-refractivity contribution in [3.63, 3.8) is 0 Å². The van der Waals surface area contributed by atoms with Gasteiger partial charge in [0.2, 0.25) is 10.0 Å². The molecule has 1 aromatic heterocycles. The van der Waals surface area contributed by atoms with Crippen molar-refractivity contribution in [2.24, 2.45) is 0 Å². The Morgan fingerprint density at radius 1 is 0.853 bits per heavy atom. The minimum absolute atomic E-state index is 0.0568. The average Bonchev–Trinajstić information content (AvgIpc) is 3.18. The number of para-hydroxylation sites is 1. The Labute approximate surface area is 197 Å². The van der Waals surface area contributed by atoms with E-state index in [1.807, 2.05) is 42.5 Å². The molecule has 0 aliphatic heterocycles. The fourth-order valence-corrected chi connectivity index (χ4v) is 4.54. The molecule has 4 aromatic rings. The van der Waals surface area contributed by atoms with Crippen molar-refractivity contribution < 1.29 is 22.4 Å². The standard InChI is InChI=1S/C25H23N3O5S/c1-16-12-13-19(34(31,32)26-15-18-8-4-3-5-9-18)14-21(16)24(29)27-28-25(30)23-17(2)20-10-6-7-11-22(20)33-23/h3-14,26H,15H2,1-2H3,(H,27,29)(H,28,30). The summed E-state index contributed by atoms with van der Waals surface area (Å²) >= 11 is 0. The van der Waals surface area contributed by atoms with Crippen molar-refractivity contribution in [1.82, 2.24) is 15.6 Å². The molecule has 0 unspecified atom stereocenters. The number of fused-ring (bicyclic) bond motifs is 1. The lowest BCUT2D eigenvalue weighted by Gasteiger charge is -2.12. The van der Waals surface area contributed by atoms with Gasteiger partial charge in [0, 0.05) is 23.1 Å². The van der Waals surface area contributed by atoms with Gasteiger partial charge in [0.05, 0.1) is 4.90 Å². The summed E-state index contributed by atoms with van der Waals surface area (Å²) in [4.78, 5) is 25.3. The Kier molecular flexibility index (Phi) is 6.49. The van der Waals surface area contributed by atoms with Crippen molar-refractivity contribution in [1.29, 1.82) is 0 Å². The second-order valence-corrected chi connectivity index (χ2v) is 9.51. The third-order valence-corrected chi connectivity index (χ3v) is 6.81. The van der Waals surface area contributed by atoms with E-state index >= 15 is 0 Å². The van der Waals surface area contributed by atoms with Crippen LogP contribution in [0.5, 0.6) is 0 Å². The molecule has 0 aliphatic rings. The third-order valence-electron chi connectivity index (χ3n) is 5.41. The number of rotatable bonds is 6. The fraction of sp³-hybridized carbons (Fsp3) is 0.120. The number of carbonyl (C=O) groups is 2. The van der Waals surface area contributed by atoms with Crippen LogP contribution in [0.4, 0.5) is 0 Å². The van der Waals surface area contributed by atoms with Crippen LogP contribution in [0.25, 0.3) is 11.0 Å². The lowest BCUT2D eigenvalue weighted by molar-refractivity contribution is 0.0831. The molecule has 0 saturated heterocycles. The highest BCUT2D eigenvalue weighted by atomic mass is 32.2. The van der Waals surface area contributed by atoms with Crippen molar-refractivity contribution >= 4 is 32.8 Å². The molecule has 0 spiro atoms. The molecule has 34 heavy (non-hydrogen) atoms. The van der Waals surface area contributed by atoms with Crippen LogP contribution in [0.2, 0.25) is 0 Å². The van der Waals surface area contributed by atoms with Gasteiger partial charge in [-0.3, -0.25) is 20.4 Å². The number of benzene rings is 3. The molecular formula is C25H23N3O5S. The summed E-state index contributed by atoms with van der Waals surface area (Å²) in [5.74, 6) is -1.19. The SMILES string of the molecule is Cc1ccc(S(=O)(=O)NCc2ccccc2)cc1C(=O)NNC(=O)c1oc2ccccc2c1C. The maximum Gasteiger partial charge on any atom is 0.305 e. The monoisotopic (exact) mass is 477 g/mol. The van der Waals surface area contributed by atoms with Gasteiger partial charge in [-0.1, -0.05) is 54.6 Å². The molecule has 3 N–H and O–H groups in total. The Balaban J connectivity index is 1.47. The molecule has 0 aliphatic carbocycles. The van der Waals surface area contributed by atoms with Crippen LogP contribution in [-0.4, -0.2) is 20.2 Å². The Morgan fingerprint density at radius 3 is 2.26 bits per heavy atom. The van der Waals surface area contributed by atoms with E-state index in [0.29, 0.717) is 16.7 Å². The van der Waals surface area contributed by atoms with Crippen LogP contribution < -0.4 is 15.6 Å². The molecule has 0 saturated carbocycles. The second-order valence-electron chi connectivity index (χ2n) is 7.75. The fourth-order valence-electron chi connectivity index (χ4n) is 3.50. The van der Waals surface area contributed by atoms with Crippen LogP contribution in [0.1, 0.15) is 37.6 Å². The zero-order chi connectivity index (χ0) is 24.3. The van der Waals surface area contributed by atoms with Gasteiger partial charge in [0.1, 0.15) is 5.58 Å². The van der Waals surface area contributed by atoms with E-state index in [2.05, 4.69) is 15.6 Å². The Morgan fingerprint density at radius 2 is 1.53 bits per heavy atom. The summed E-state index contributed by atoms with van der Waals surface area (Å²) < 4.78 is 33.6. The predicted octanol–water partition coefficient (Wildman–Crippen LogP) is 3.60. The third kappa shape index (κ3) is 4.85. The first-order chi connectivity index (χ1) is 16.3. The first-order valence-corrected chi connectivity index (χ1v) is 12.0. The van der Waals surface area contributed by atoms with E-state index in [-0.39, 0.29) is 22.8 Å². The number of aryl methyl sites for hydroxylation is 2. The van der Waals surface area contributed by atoms with Crippen molar-refractivity contribution in [2.75, 3.05) is 0 Å². The summed E-state index contributed by atoms with van der Waals surface area (Å²) in [7, 11) is -3.86. The first-order valence-electron chi connectivity index (χ1n) is 10.5. The van der Waals surface area contributed by atoms with Crippen molar-refractivity contribution in [3.8, 4) is 0 Å². The molecular weight excluding hydrogens is 454 g/mol. The molecule has 174 valence electrons. The number of nitrogens with one attached hydrogen (secondary N) is 3. The average molecular weight is 478 g/mol. The van der Waals surface area contributed by atoms with Gasteiger partial charge in [-0.2, -0.15) is 0 Å². The second kappa shape index (κ2) is 9.50. The van der Waals surface area contributed by atoms with Crippen molar-refractivity contribution in [2.45, 2.75) is 25.3 Å². The lowest BCUT2D eigenvalue weighted by Crippen LogP contribution is -2.42. The van der Waals surface area contributed by atoms with Crippen LogP contribution >= 0.6 is 0 Å². The molecule has 1 heterocycles. The summed E-state index contributed by atoms with van der Waals surface area (Å²) in [6.45, 7) is 3.54. The molecule has 4 rings (SSSR count). The van der Waals surface area contributed by atoms with Gasteiger partial charge in [-0.15, -0.1) is 0 Å². The van der Waals surface area contributed by atoms with Gasteiger partial charge >= 0.3 is 5.91 Å². The number of amides is 2. The highest BCUT2D eigenvalue weighted by Crippen LogP contribution is 2.24. The summed E-state index contributed by atoms with van der Waals surface area (Å²) in [6.07, 6.45) is 0. The number of hydrogen-bond donors (Lipinski definition) is 3. The summed E-state index contributed by atoms with van der Waals surface area (Å²) in [6, 6.07) is 20.6. The lowest BCUT2D eigenvalue weighted by atomic mass is 10.1. The highest BCUT2D eigenvalue weighted by Gasteiger charge is 2.20. The molecule has 3 aromatic carbocycles. The van der Waals surface area contributed by atoms with E-state index in [0.717, 1.165) is 10.9 Å². The molecule has 2 amide bonds. The van der Waals surface area contributed by atoms with Gasteiger partial charge in [0.25, 0.3) is 5.91 Å². The smallest absolute Gasteiger partial charge is 0.305 e. The molecule has 0 atom stereocenters. The maximum atomic E-state index is 12.7. The number of hydrazine groups is 1. The van der Waals surface area contributed by atoms with Gasteiger partial charge in [0.15, 0.2) is 5.76 Å². The molecule has 0 bridgehead atoms. The quantitative estimate of drug-likeness (QED) is 0.367. The Hall–Kier alpha value is -3.95. The minimum atomic E-state index is -3.86. The van der Waals surface area contributed by atoms with E-state index < -0.39 is 21.8 Å². The Bertz CT molecular complexity index is 1480. The van der Waals surface area contributed by atoms with Gasteiger partial charge < -0.3 is 4.42 Å². The summed E-state index contributed by atoms with van der Waals surface area (Å²) in [5, 5.41) is 0.802. The number of sulfonamides is 1. The van der Waals surface area contributed by atoms with Gasteiger partial charge in [-0.05, 0) is 43.2 Å². The molecule has 8 nitrogen and oxygen atoms in total. The molecule has 0 fully saturated rings. The first kappa shape index (κ1) is 23.2. The van der Waals surface area contributed by atoms with Crippen molar-refractivity contribution in [3.05, 3.63) is 101 Å². The highest BCUT2D eigenvalue weighted by molar-refractivity contribution is 7.89. The number of carbonyl (C=O) groups excluding carboxylic acids is 2. The van der Waals surface area contributed by atoms with Crippen LogP contribution in [-0.2, 0) is 16.6 Å². The van der Waals surface area contributed by atoms with E-state index in [1.54, 1.807) is 26.0 Å². The van der Waals surface area contributed by atoms with E-state index in [1.165, 1.54) is 18.2 Å². The minimum Gasteiger partial charge on any atom is -0.451 e. The van der Waals surface area contributed by atoms with Crippen LogP contribution in [0.15, 0.2) is 82.1 Å². The largest absolute Gasteiger partial charge is 0.451 e. The zero-order valence-electron chi connectivity index (χ0n) is 18.6. The normalized spacial score (nSPS) is 11.4. The number of hydrogen-bond acceptors (Lipinski definition) is 5.